The van der Waals surface area contributed by atoms with Crippen molar-refractivity contribution < 1.29 is 9.63 Å². The van der Waals surface area contributed by atoms with Gasteiger partial charge < -0.3 is 9.74 Å². The quantitative estimate of drug-likeness (QED) is 0.425. The SMILES string of the molecule is C/C(=N/OCCCC(=O)N1CCC(C(C)(C)C)CC1)C(C)(C)C. The molecule has 0 N–H and O–H groups in total. The Bertz CT molecular complexity index is 408. The summed E-state index contributed by atoms with van der Waals surface area (Å²) in [6.45, 7) is 17.5. The number of rotatable bonds is 5. The first-order valence-corrected chi connectivity index (χ1v) is 8.96. The van der Waals surface area contributed by atoms with Gasteiger partial charge in [0.25, 0.3) is 0 Å². The fourth-order valence-electron chi connectivity index (χ4n) is 2.72. The number of carbonyl (C=O) groups is 1. The van der Waals surface area contributed by atoms with Crippen LogP contribution in [0.15, 0.2) is 5.16 Å². The van der Waals surface area contributed by atoms with Crippen molar-refractivity contribution in [3.8, 4) is 0 Å². The summed E-state index contributed by atoms with van der Waals surface area (Å²) in [5.74, 6) is 0.988. The number of hydrogen-bond donors (Lipinski definition) is 0. The molecular weight excluding hydrogens is 288 g/mol. The number of amides is 1. The number of hydrogen-bond acceptors (Lipinski definition) is 3. The Labute approximate surface area is 142 Å². The zero-order chi connectivity index (χ0) is 17.7. The van der Waals surface area contributed by atoms with Crippen molar-refractivity contribution in [3.05, 3.63) is 0 Å². The summed E-state index contributed by atoms with van der Waals surface area (Å²) in [6.07, 6.45) is 3.55. The second-order valence-corrected chi connectivity index (χ2v) is 8.88. The molecule has 0 unspecified atom stereocenters. The van der Waals surface area contributed by atoms with Crippen molar-refractivity contribution in [3.63, 3.8) is 0 Å². The molecule has 1 amide bonds. The van der Waals surface area contributed by atoms with Crippen LogP contribution in [0.2, 0.25) is 0 Å². The van der Waals surface area contributed by atoms with E-state index in [1.807, 2.05) is 11.8 Å². The van der Waals surface area contributed by atoms with Gasteiger partial charge in [0.05, 0.1) is 5.71 Å². The van der Waals surface area contributed by atoms with Crippen LogP contribution in [0, 0.1) is 16.7 Å². The van der Waals surface area contributed by atoms with Crippen molar-refractivity contribution in [2.24, 2.45) is 21.9 Å². The molecule has 1 aliphatic heterocycles. The van der Waals surface area contributed by atoms with Crippen LogP contribution in [0.5, 0.6) is 0 Å². The molecule has 0 radical (unpaired) electrons. The summed E-state index contributed by atoms with van der Waals surface area (Å²) in [6, 6.07) is 0. The van der Waals surface area contributed by atoms with E-state index in [9.17, 15) is 4.79 Å². The third kappa shape index (κ3) is 6.92. The predicted molar refractivity (Wildman–Crippen MR) is 96.5 cm³/mol. The van der Waals surface area contributed by atoms with Crippen molar-refractivity contribution in [1.29, 1.82) is 0 Å². The van der Waals surface area contributed by atoms with E-state index in [-0.39, 0.29) is 11.3 Å². The minimum absolute atomic E-state index is 0.0349. The van der Waals surface area contributed by atoms with Gasteiger partial charge in [0, 0.05) is 24.9 Å². The van der Waals surface area contributed by atoms with Crippen LogP contribution in [-0.2, 0) is 9.63 Å². The maximum atomic E-state index is 12.2. The summed E-state index contributed by atoms with van der Waals surface area (Å²) in [5, 5.41) is 4.13. The molecule has 4 heteroatoms. The predicted octanol–water partition coefficient (Wildman–Crippen LogP) is 4.49. The van der Waals surface area contributed by atoms with Crippen LogP contribution in [0.1, 0.15) is 74.1 Å². The fourth-order valence-corrected chi connectivity index (χ4v) is 2.72. The lowest BCUT2D eigenvalue weighted by Crippen LogP contribution is -2.41. The molecule has 0 aliphatic carbocycles. The molecule has 1 saturated heterocycles. The highest BCUT2D eigenvalue weighted by molar-refractivity contribution is 5.86. The van der Waals surface area contributed by atoms with Crippen molar-refractivity contribution >= 4 is 11.6 Å². The van der Waals surface area contributed by atoms with Gasteiger partial charge in [-0.15, -0.1) is 0 Å². The number of likely N-dealkylation sites (tertiary alicyclic amines) is 1. The molecule has 1 aliphatic rings. The molecular formula is C19H36N2O2. The van der Waals surface area contributed by atoms with E-state index < -0.39 is 0 Å². The molecule has 1 fully saturated rings. The van der Waals surface area contributed by atoms with Gasteiger partial charge in [-0.2, -0.15) is 0 Å². The van der Waals surface area contributed by atoms with Crippen LogP contribution in [-0.4, -0.2) is 36.2 Å². The average molecular weight is 325 g/mol. The Morgan fingerprint density at radius 3 is 2.17 bits per heavy atom. The van der Waals surface area contributed by atoms with E-state index in [2.05, 4.69) is 46.7 Å². The van der Waals surface area contributed by atoms with E-state index in [1.165, 1.54) is 0 Å². The van der Waals surface area contributed by atoms with Crippen LogP contribution in [0.25, 0.3) is 0 Å². The Kier molecular flexibility index (Phi) is 7.09. The largest absolute Gasteiger partial charge is 0.396 e. The molecule has 0 aromatic carbocycles. The minimum Gasteiger partial charge on any atom is -0.396 e. The van der Waals surface area contributed by atoms with Gasteiger partial charge in [-0.25, -0.2) is 0 Å². The Morgan fingerprint density at radius 2 is 1.70 bits per heavy atom. The van der Waals surface area contributed by atoms with Crippen molar-refractivity contribution in [1.82, 2.24) is 4.90 Å². The molecule has 0 aromatic heterocycles. The van der Waals surface area contributed by atoms with E-state index in [0.29, 0.717) is 18.4 Å². The summed E-state index contributed by atoms with van der Waals surface area (Å²) in [4.78, 5) is 19.6. The summed E-state index contributed by atoms with van der Waals surface area (Å²) >= 11 is 0. The smallest absolute Gasteiger partial charge is 0.222 e. The van der Waals surface area contributed by atoms with E-state index in [1.54, 1.807) is 0 Å². The zero-order valence-corrected chi connectivity index (χ0v) is 16.2. The van der Waals surface area contributed by atoms with Gasteiger partial charge in [-0.05, 0) is 37.5 Å². The van der Waals surface area contributed by atoms with Crippen LogP contribution >= 0.6 is 0 Å². The van der Waals surface area contributed by atoms with Gasteiger partial charge in [0.15, 0.2) is 0 Å². The second-order valence-electron chi connectivity index (χ2n) is 8.88. The van der Waals surface area contributed by atoms with Gasteiger partial charge in [0.1, 0.15) is 6.61 Å². The fraction of sp³-hybridized carbons (Fsp3) is 0.895. The molecule has 0 bridgehead atoms. The molecule has 1 rings (SSSR count). The topological polar surface area (TPSA) is 41.9 Å². The van der Waals surface area contributed by atoms with E-state index in [0.717, 1.165) is 44.0 Å². The molecule has 134 valence electrons. The maximum absolute atomic E-state index is 12.2. The standard InChI is InChI=1S/C19H36N2O2/c1-15(18(2,3)4)20-23-14-8-9-17(22)21-12-10-16(11-13-21)19(5,6)7/h16H,8-14H2,1-7H3/b20-15-. The number of piperidine rings is 1. The number of oxime groups is 1. The van der Waals surface area contributed by atoms with E-state index in [4.69, 9.17) is 4.84 Å². The van der Waals surface area contributed by atoms with Gasteiger partial charge in [0.2, 0.25) is 5.91 Å². The average Bonchev–Trinajstić information content (AvgIpc) is 2.44. The first-order chi connectivity index (χ1) is 10.5. The summed E-state index contributed by atoms with van der Waals surface area (Å²) in [7, 11) is 0. The lowest BCUT2D eigenvalue weighted by Gasteiger charge is -2.38. The normalized spacial score (nSPS) is 18.2. The number of carbonyl (C=O) groups excluding carboxylic acids is 1. The van der Waals surface area contributed by atoms with E-state index >= 15 is 0 Å². The first kappa shape index (κ1) is 20.0. The lowest BCUT2D eigenvalue weighted by atomic mass is 9.75. The van der Waals surface area contributed by atoms with Crippen LogP contribution in [0.4, 0.5) is 0 Å². The Hall–Kier alpha value is -1.06. The van der Waals surface area contributed by atoms with Gasteiger partial charge >= 0.3 is 0 Å². The molecule has 0 spiro atoms. The molecule has 0 saturated carbocycles. The third-order valence-electron chi connectivity index (χ3n) is 4.99. The zero-order valence-electron chi connectivity index (χ0n) is 16.2. The van der Waals surface area contributed by atoms with Crippen LogP contribution < -0.4 is 0 Å². The molecule has 23 heavy (non-hydrogen) atoms. The highest BCUT2D eigenvalue weighted by Gasteiger charge is 2.30. The summed E-state index contributed by atoms with van der Waals surface area (Å²) < 4.78 is 0. The third-order valence-corrected chi connectivity index (χ3v) is 4.99. The Morgan fingerprint density at radius 1 is 1.13 bits per heavy atom. The maximum Gasteiger partial charge on any atom is 0.222 e. The molecule has 0 aromatic rings. The first-order valence-electron chi connectivity index (χ1n) is 8.96. The summed E-state index contributed by atoms with van der Waals surface area (Å²) in [5.41, 5.74) is 1.37. The Balaban J connectivity index is 2.24. The van der Waals surface area contributed by atoms with Crippen molar-refractivity contribution in [2.45, 2.75) is 74.1 Å². The lowest BCUT2D eigenvalue weighted by molar-refractivity contribution is -0.133. The van der Waals surface area contributed by atoms with Gasteiger partial charge in [-0.3, -0.25) is 4.79 Å². The second kappa shape index (κ2) is 8.16. The van der Waals surface area contributed by atoms with Gasteiger partial charge in [-0.1, -0.05) is 46.7 Å². The molecule has 0 atom stereocenters. The molecule has 1 heterocycles. The van der Waals surface area contributed by atoms with Crippen molar-refractivity contribution in [2.75, 3.05) is 19.7 Å². The monoisotopic (exact) mass is 324 g/mol. The minimum atomic E-state index is 0.0349. The molecule has 4 nitrogen and oxygen atoms in total. The van der Waals surface area contributed by atoms with Crippen LogP contribution in [0.3, 0.4) is 0 Å². The highest BCUT2D eigenvalue weighted by atomic mass is 16.6. The number of nitrogens with zero attached hydrogens (tertiary/aromatic N) is 2. The highest BCUT2D eigenvalue weighted by Crippen LogP contribution is 2.34.